The minimum Gasteiger partial charge on any atom is -0.378 e. The highest BCUT2D eigenvalue weighted by Gasteiger charge is 2.19. The molecule has 1 amide bonds. The molecule has 1 heterocycles. The van der Waals surface area contributed by atoms with E-state index in [1.807, 2.05) is 48.9 Å². The van der Waals surface area contributed by atoms with E-state index < -0.39 is 0 Å². The second-order valence-electron chi connectivity index (χ2n) is 7.03. The molecule has 5 heteroatoms. The monoisotopic (exact) mass is 355 g/mol. The highest BCUT2D eigenvalue weighted by atomic mass is 16.5. The third-order valence-corrected chi connectivity index (χ3v) is 5.03. The van der Waals surface area contributed by atoms with Gasteiger partial charge in [0, 0.05) is 13.2 Å². The first-order chi connectivity index (χ1) is 12.7. The molecule has 2 aromatic rings. The first kappa shape index (κ1) is 18.6. The lowest BCUT2D eigenvalue weighted by atomic mass is 9.98. The standard InChI is InChI=1S/C21H29N3O2/c1-16-20(17(2)24(23-16)18-10-5-3-6-11-18)21(25)22-14-9-15-26-19-12-7-4-8-13-19/h3,5-6,10-11,19H,4,7-9,12-15H2,1-2H3,(H,22,25). The van der Waals surface area contributed by atoms with E-state index in [0.717, 1.165) is 23.5 Å². The fourth-order valence-electron chi connectivity index (χ4n) is 3.64. The molecule has 26 heavy (non-hydrogen) atoms. The van der Waals surface area contributed by atoms with Crippen LogP contribution in [0.3, 0.4) is 0 Å². The maximum Gasteiger partial charge on any atom is 0.255 e. The highest BCUT2D eigenvalue weighted by molar-refractivity contribution is 5.96. The number of para-hydroxylation sites is 1. The molecule has 0 radical (unpaired) electrons. The topological polar surface area (TPSA) is 56.2 Å². The fraction of sp³-hybridized carbons (Fsp3) is 0.524. The van der Waals surface area contributed by atoms with Gasteiger partial charge in [-0.05, 0) is 45.2 Å². The van der Waals surface area contributed by atoms with Crippen LogP contribution in [0.4, 0.5) is 0 Å². The number of aromatic nitrogens is 2. The van der Waals surface area contributed by atoms with Crippen molar-refractivity contribution in [2.45, 2.75) is 58.5 Å². The van der Waals surface area contributed by atoms with Gasteiger partial charge in [0.05, 0.1) is 28.7 Å². The number of ether oxygens (including phenoxy) is 1. The smallest absolute Gasteiger partial charge is 0.255 e. The van der Waals surface area contributed by atoms with Crippen LogP contribution in [0.15, 0.2) is 30.3 Å². The van der Waals surface area contributed by atoms with Crippen LogP contribution in [0, 0.1) is 13.8 Å². The Balaban J connectivity index is 1.51. The van der Waals surface area contributed by atoms with E-state index in [2.05, 4.69) is 10.4 Å². The number of carbonyl (C=O) groups excluding carboxylic acids is 1. The van der Waals surface area contributed by atoms with Crippen LogP contribution < -0.4 is 5.32 Å². The summed E-state index contributed by atoms with van der Waals surface area (Å²) in [6.07, 6.45) is 7.54. The molecule has 0 saturated heterocycles. The Morgan fingerprint density at radius 2 is 1.92 bits per heavy atom. The van der Waals surface area contributed by atoms with E-state index in [9.17, 15) is 4.79 Å². The molecule has 0 aliphatic heterocycles. The lowest BCUT2D eigenvalue weighted by Gasteiger charge is -2.21. The summed E-state index contributed by atoms with van der Waals surface area (Å²) >= 11 is 0. The van der Waals surface area contributed by atoms with Crippen molar-refractivity contribution < 1.29 is 9.53 Å². The Morgan fingerprint density at radius 3 is 2.65 bits per heavy atom. The molecule has 5 nitrogen and oxygen atoms in total. The summed E-state index contributed by atoms with van der Waals surface area (Å²) in [4.78, 5) is 12.6. The van der Waals surface area contributed by atoms with Gasteiger partial charge in [-0.2, -0.15) is 5.10 Å². The van der Waals surface area contributed by atoms with Crippen molar-refractivity contribution in [3.8, 4) is 5.69 Å². The maximum absolute atomic E-state index is 12.6. The number of hydrogen-bond acceptors (Lipinski definition) is 3. The molecule has 0 bridgehead atoms. The predicted octanol–water partition coefficient (Wildman–Crippen LogP) is 3.96. The fourth-order valence-corrected chi connectivity index (χ4v) is 3.64. The summed E-state index contributed by atoms with van der Waals surface area (Å²) in [5.74, 6) is -0.0557. The average molecular weight is 355 g/mol. The molecule has 0 unspecified atom stereocenters. The van der Waals surface area contributed by atoms with Gasteiger partial charge in [0.15, 0.2) is 0 Å². The summed E-state index contributed by atoms with van der Waals surface area (Å²) in [7, 11) is 0. The zero-order chi connectivity index (χ0) is 18.4. The minimum absolute atomic E-state index is 0.0557. The van der Waals surface area contributed by atoms with Crippen molar-refractivity contribution in [3.63, 3.8) is 0 Å². The van der Waals surface area contributed by atoms with Crippen LogP contribution in [0.1, 0.15) is 60.3 Å². The second-order valence-corrected chi connectivity index (χ2v) is 7.03. The highest BCUT2D eigenvalue weighted by Crippen LogP contribution is 2.20. The van der Waals surface area contributed by atoms with Crippen molar-refractivity contribution in [3.05, 3.63) is 47.3 Å². The molecule has 1 saturated carbocycles. The zero-order valence-corrected chi connectivity index (χ0v) is 15.8. The van der Waals surface area contributed by atoms with Gasteiger partial charge in [-0.15, -0.1) is 0 Å². The first-order valence-electron chi connectivity index (χ1n) is 9.68. The molecule has 0 atom stereocenters. The number of rotatable bonds is 7. The SMILES string of the molecule is Cc1nn(-c2ccccc2)c(C)c1C(=O)NCCCOC1CCCCC1. The Labute approximate surface area is 155 Å². The van der Waals surface area contributed by atoms with E-state index in [1.54, 1.807) is 0 Å². The second kappa shape index (κ2) is 8.99. The molecule has 1 aromatic heterocycles. The lowest BCUT2D eigenvalue weighted by molar-refractivity contribution is 0.0273. The van der Waals surface area contributed by atoms with Gasteiger partial charge in [0.2, 0.25) is 0 Å². The van der Waals surface area contributed by atoms with Crippen molar-refractivity contribution >= 4 is 5.91 Å². The Kier molecular flexibility index (Phi) is 6.45. The Morgan fingerprint density at radius 1 is 1.19 bits per heavy atom. The molecule has 1 N–H and O–H groups in total. The minimum atomic E-state index is -0.0557. The summed E-state index contributed by atoms with van der Waals surface area (Å²) < 4.78 is 7.74. The van der Waals surface area contributed by atoms with Crippen LogP contribution in [-0.4, -0.2) is 34.9 Å². The quantitative estimate of drug-likeness (QED) is 0.765. The number of nitrogens with one attached hydrogen (secondary N) is 1. The molecule has 1 aliphatic rings. The van der Waals surface area contributed by atoms with Crippen molar-refractivity contribution in [2.24, 2.45) is 0 Å². The van der Waals surface area contributed by atoms with Crippen LogP contribution in [0.5, 0.6) is 0 Å². The largest absolute Gasteiger partial charge is 0.378 e. The summed E-state index contributed by atoms with van der Waals surface area (Å²) in [6.45, 7) is 5.16. The summed E-state index contributed by atoms with van der Waals surface area (Å²) in [5.41, 5.74) is 3.25. The maximum atomic E-state index is 12.6. The van der Waals surface area contributed by atoms with Crippen LogP contribution >= 0.6 is 0 Å². The third-order valence-electron chi connectivity index (χ3n) is 5.03. The van der Waals surface area contributed by atoms with Crippen LogP contribution in [0.2, 0.25) is 0 Å². The van der Waals surface area contributed by atoms with Crippen molar-refractivity contribution in [1.82, 2.24) is 15.1 Å². The van der Waals surface area contributed by atoms with Gasteiger partial charge in [-0.3, -0.25) is 4.79 Å². The van der Waals surface area contributed by atoms with Crippen LogP contribution in [-0.2, 0) is 4.74 Å². The zero-order valence-electron chi connectivity index (χ0n) is 15.8. The summed E-state index contributed by atoms with van der Waals surface area (Å²) in [6, 6.07) is 9.89. The van der Waals surface area contributed by atoms with E-state index in [1.165, 1.54) is 32.1 Å². The van der Waals surface area contributed by atoms with E-state index in [-0.39, 0.29) is 5.91 Å². The predicted molar refractivity (Wildman–Crippen MR) is 103 cm³/mol. The molecule has 140 valence electrons. The number of carbonyl (C=O) groups is 1. The number of nitrogens with zero attached hydrogens (tertiary/aromatic N) is 2. The molecular weight excluding hydrogens is 326 g/mol. The van der Waals surface area contributed by atoms with Gasteiger partial charge >= 0.3 is 0 Å². The van der Waals surface area contributed by atoms with E-state index in [4.69, 9.17) is 4.74 Å². The molecule has 0 spiro atoms. The van der Waals surface area contributed by atoms with Gasteiger partial charge in [-0.25, -0.2) is 4.68 Å². The number of benzene rings is 1. The van der Waals surface area contributed by atoms with Gasteiger partial charge in [0.1, 0.15) is 0 Å². The van der Waals surface area contributed by atoms with Crippen LogP contribution in [0.25, 0.3) is 5.69 Å². The first-order valence-corrected chi connectivity index (χ1v) is 9.68. The number of amides is 1. The number of aryl methyl sites for hydroxylation is 1. The van der Waals surface area contributed by atoms with E-state index >= 15 is 0 Å². The normalized spacial score (nSPS) is 15.2. The average Bonchev–Trinajstić information content (AvgIpc) is 2.97. The Bertz CT molecular complexity index is 718. The van der Waals surface area contributed by atoms with Gasteiger partial charge < -0.3 is 10.1 Å². The van der Waals surface area contributed by atoms with Crippen molar-refractivity contribution in [1.29, 1.82) is 0 Å². The molecular formula is C21H29N3O2. The number of hydrogen-bond donors (Lipinski definition) is 1. The molecule has 1 aromatic carbocycles. The molecule has 3 rings (SSSR count). The van der Waals surface area contributed by atoms with E-state index in [0.29, 0.717) is 24.8 Å². The van der Waals surface area contributed by atoms with Crippen molar-refractivity contribution in [2.75, 3.05) is 13.2 Å². The third kappa shape index (κ3) is 4.52. The molecule has 1 aliphatic carbocycles. The summed E-state index contributed by atoms with van der Waals surface area (Å²) in [5, 5.41) is 7.55. The lowest BCUT2D eigenvalue weighted by Crippen LogP contribution is -2.27. The molecule has 1 fully saturated rings. The van der Waals surface area contributed by atoms with Gasteiger partial charge in [-0.1, -0.05) is 37.5 Å². The van der Waals surface area contributed by atoms with Gasteiger partial charge in [0.25, 0.3) is 5.91 Å². The Hall–Kier alpha value is -2.14.